The number of carboxylic acids is 1. The van der Waals surface area contributed by atoms with E-state index in [2.05, 4.69) is 10.1 Å². The van der Waals surface area contributed by atoms with Crippen LogP contribution < -0.4 is 0 Å². The van der Waals surface area contributed by atoms with Crippen LogP contribution in [0.15, 0.2) is 10.7 Å². The van der Waals surface area contributed by atoms with Gasteiger partial charge in [-0.25, -0.2) is 9.78 Å². The number of hydrogen-bond acceptors (Lipinski definition) is 4. The van der Waals surface area contributed by atoms with Gasteiger partial charge in [-0.2, -0.15) is 13.2 Å². The molecule has 0 aromatic carbocycles. The van der Waals surface area contributed by atoms with E-state index in [9.17, 15) is 18.0 Å². The molecule has 0 amide bonds. The molecule has 2 heterocycles. The molecule has 1 fully saturated rings. The lowest BCUT2D eigenvalue weighted by Gasteiger charge is -2.10. The summed E-state index contributed by atoms with van der Waals surface area (Å²) in [6.07, 6.45) is -2.72. The molecule has 2 aromatic heterocycles. The standard InChI is InChI=1S/C11H7F3N2O3/c12-11(13,14)7-5(10(17)18)3-15-9-6(7)8(16-19-9)4-1-2-4/h3-4H,1-2H2,(H,17,18). The van der Waals surface area contributed by atoms with E-state index in [0.29, 0.717) is 6.20 Å². The van der Waals surface area contributed by atoms with Gasteiger partial charge in [0.25, 0.3) is 5.71 Å². The van der Waals surface area contributed by atoms with Gasteiger partial charge in [0.1, 0.15) is 0 Å². The van der Waals surface area contributed by atoms with Gasteiger partial charge in [-0.1, -0.05) is 5.16 Å². The summed E-state index contributed by atoms with van der Waals surface area (Å²) in [4.78, 5) is 14.5. The van der Waals surface area contributed by atoms with Crippen molar-refractivity contribution in [3.8, 4) is 0 Å². The first-order valence-corrected chi connectivity index (χ1v) is 5.48. The largest absolute Gasteiger partial charge is 0.478 e. The van der Waals surface area contributed by atoms with Gasteiger partial charge in [-0.3, -0.25) is 0 Å². The fourth-order valence-electron chi connectivity index (χ4n) is 2.03. The maximum Gasteiger partial charge on any atom is 0.418 e. The molecule has 2 aromatic rings. The molecular formula is C11H7F3N2O3. The van der Waals surface area contributed by atoms with Crippen molar-refractivity contribution in [1.29, 1.82) is 0 Å². The Kier molecular flexibility index (Phi) is 2.32. The zero-order chi connectivity index (χ0) is 13.8. The minimum Gasteiger partial charge on any atom is -0.478 e. The van der Waals surface area contributed by atoms with Crippen LogP contribution in [0.3, 0.4) is 0 Å². The van der Waals surface area contributed by atoms with Crippen molar-refractivity contribution in [2.75, 3.05) is 0 Å². The Morgan fingerprint density at radius 1 is 1.42 bits per heavy atom. The molecule has 8 heteroatoms. The molecule has 5 nitrogen and oxygen atoms in total. The molecule has 0 bridgehead atoms. The first kappa shape index (κ1) is 11.9. The lowest BCUT2D eigenvalue weighted by atomic mass is 10.0. The summed E-state index contributed by atoms with van der Waals surface area (Å²) in [5, 5.41) is 12.2. The van der Waals surface area contributed by atoms with Crippen LogP contribution in [0.5, 0.6) is 0 Å². The molecule has 3 rings (SSSR count). The van der Waals surface area contributed by atoms with Crippen LogP contribution >= 0.6 is 0 Å². The number of alkyl halides is 3. The minimum absolute atomic E-state index is 0.104. The number of rotatable bonds is 2. The SMILES string of the molecule is O=C(O)c1cnc2onc(C3CC3)c2c1C(F)(F)F. The van der Waals surface area contributed by atoms with Crippen LogP contribution in [-0.2, 0) is 6.18 Å². The second-order valence-electron chi connectivity index (χ2n) is 4.37. The van der Waals surface area contributed by atoms with Gasteiger partial charge in [-0.05, 0) is 12.8 Å². The Labute approximate surface area is 104 Å². The van der Waals surface area contributed by atoms with Gasteiger partial charge in [0.05, 0.1) is 22.2 Å². The predicted molar refractivity (Wildman–Crippen MR) is 55.7 cm³/mol. The Hall–Kier alpha value is -2.12. The summed E-state index contributed by atoms with van der Waals surface area (Å²) in [6.45, 7) is 0. The molecule has 0 unspecified atom stereocenters. The number of carbonyl (C=O) groups is 1. The highest BCUT2D eigenvalue weighted by Crippen LogP contribution is 2.46. The van der Waals surface area contributed by atoms with Crippen LogP contribution in [0, 0.1) is 0 Å². The Morgan fingerprint density at radius 2 is 2.11 bits per heavy atom. The van der Waals surface area contributed by atoms with Crippen LogP contribution in [0.4, 0.5) is 13.2 Å². The van der Waals surface area contributed by atoms with Gasteiger partial charge in [0, 0.05) is 12.1 Å². The number of carboxylic acid groups (broad SMARTS) is 1. The van der Waals surface area contributed by atoms with E-state index in [1.165, 1.54) is 0 Å². The zero-order valence-corrected chi connectivity index (χ0v) is 9.36. The van der Waals surface area contributed by atoms with E-state index in [0.717, 1.165) is 12.8 Å². The fraction of sp³-hybridized carbons (Fsp3) is 0.364. The monoisotopic (exact) mass is 272 g/mol. The molecule has 1 saturated carbocycles. The molecule has 0 radical (unpaired) electrons. The summed E-state index contributed by atoms with van der Waals surface area (Å²) in [5.74, 6) is -1.78. The third kappa shape index (κ3) is 1.83. The third-order valence-corrected chi connectivity index (χ3v) is 3.01. The minimum atomic E-state index is -4.80. The number of aromatic nitrogens is 2. The number of aromatic carboxylic acids is 1. The van der Waals surface area contributed by atoms with Gasteiger partial charge in [-0.15, -0.1) is 0 Å². The Morgan fingerprint density at radius 3 is 2.63 bits per heavy atom. The average Bonchev–Trinajstić information content (AvgIpc) is 3.06. The van der Waals surface area contributed by atoms with Crippen molar-refractivity contribution < 1.29 is 27.6 Å². The topological polar surface area (TPSA) is 76.2 Å². The number of halogens is 3. The second kappa shape index (κ2) is 3.69. The Balaban J connectivity index is 2.39. The highest BCUT2D eigenvalue weighted by molar-refractivity contribution is 5.96. The van der Waals surface area contributed by atoms with Crippen LogP contribution in [-0.4, -0.2) is 21.2 Å². The molecule has 0 atom stereocenters. The zero-order valence-electron chi connectivity index (χ0n) is 9.36. The van der Waals surface area contributed by atoms with Crippen molar-refractivity contribution in [2.24, 2.45) is 0 Å². The summed E-state index contributed by atoms with van der Waals surface area (Å²) in [6, 6.07) is 0. The molecule has 0 aliphatic heterocycles. The molecule has 0 saturated heterocycles. The third-order valence-electron chi connectivity index (χ3n) is 3.01. The van der Waals surface area contributed by atoms with Crippen LogP contribution in [0.1, 0.15) is 40.4 Å². The number of hydrogen-bond donors (Lipinski definition) is 1. The highest BCUT2D eigenvalue weighted by atomic mass is 19.4. The van der Waals surface area contributed by atoms with Crippen molar-refractivity contribution >= 4 is 17.1 Å². The summed E-state index contributed by atoms with van der Waals surface area (Å²) < 4.78 is 44.1. The van der Waals surface area contributed by atoms with Crippen LogP contribution in [0.2, 0.25) is 0 Å². The summed E-state index contributed by atoms with van der Waals surface area (Å²) >= 11 is 0. The van der Waals surface area contributed by atoms with Gasteiger partial charge < -0.3 is 9.63 Å². The molecule has 1 aliphatic rings. The maximum absolute atomic E-state index is 13.1. The summed E-state index contributed by atoms with van der Waals surface area (Å²) in [5.41, 5.74) is -2.24. The normalized spacial score (nSPS) is 15.9. The average molecular weight is 272 g/mol. The van der Waals surface area contributed by atoms with Gasteiger partial charge in [0.15, 0.2) is 0 Å². The molecule has 19 heavy (non-hydrogen) atoms. The summed E-state index contributed by atoms with van der Waals surface area (Å²) in [7, 11) is 0. The lowest BCUT2D eigenvalue weighted by Crippen LogP contribution is -2.14. The van der Waals surface area contributed by atoms with E-state index >= 15 is 0 Å². The second-order valence-corrected chi connectivity index (χ2v) is 4.37. The fourth-order valence-corrected chi connectivity index (χ4v) is 2.03. The molecular weight excluding hydrogens is 265 g/mol. The van der Waals surface area contributed by atoms with Crippen molar-refractivity contribution in [1.82, 2.24) is 10.1 Å². The molecule has 100 valence electrons. The first-order chi connectivity index (χ1) is 8.89. The number of nitrogens with zero attached hydrogens (tertiary/aromatic N) is 2. The number of fused-ring (bicyclic) bond motifs is 1. The van der Waals surface area contributed by atoms with Crippen LogP contribution in [0.25, 0.3) is 11.1 Å². The van der Waals surface area contributed by atoms with Gasteiger partial charge >= 0.3 is 12.1 Å². The lowest BCUT2D eigenvalue weighted by molar-refractivity contribution is -0.136. The first-order valence-electron chi connectivity index (χ1n) is 5.48. The number of pyridine rings is 1. The van der Waals surface area contributed by atoms with E-state index in [-0.39, 0.29) is 22.7 Å². The predicted octanol–water partition coefficient (Wildman–Crippen LogP) is 2.82. The van der Waals surface area contributed by atoms with E-state index < -0.39 is 23.3 Å². The maximum atomic E-state index is 13.1. The van der Waals surface area contributed by atoms with Crippen molar-refractivity contribution in [3.63, 3.8) is 0 Å². The smallest absolute Gasteiger partial charge is 0.418 e. The highest BCUT2D eigenvalue weighted by Gasteiger charge is 2.42. The molecule has 1 aliphatic carbocycles. The quantitative estimate of drug-likeness (QED) is 0.909. The Bertz CT molecular complexity index is 674. The van der Waals surface area contributed by atoms with E-state index in [1.807, 2.05) is 0 Å². The molecule has 1 N–H and O–H groups in total. The van der Waals surface area contributed by atoms with Crippen molar-refractivity contribution in [3.05, 3.63) is 23.0 Å². The van der Waals surface area contributed by atoms with Gasteiger partial charge in [0.2, 0.25) is 0 Å². The van der Waals surface area contributed by atoms with Crippen molar-refractivity contribution in [2.45, 2.75) is 24.9 Å². The van der Waals surface area contributed by atoms with E-state index in [4.69, 9.17) is 9.63 Å². The van der Waals surface area contributed by atoms with E-state index in [1.54, 1.807) is 0 Å². The molecule has 0 spiro atoms.